The van der Waals surface area contributed by atoms with Gasteiger partial charge in [-0.05, 0) is 40.4 Å². The van der Waals surface area contributed by atoms with E-state index in [0.29, 0.717) is 19.4 Å². The van der Waals surface area contributed by atoms with E-state index in [1.54, 1.807) is 0 Å². The fourth-order valence-corrected chi connectivity index (χ4v) is 2.43. The van der Waals surface area contributed by atoms with Gasteiger partial charge in [0, 0.05) is 11.0 Å². The summed E-state index contributed by atoms with van der Waals surface area (Å²) in [6.45, 7) is 0.715. The molecule has 0 fully saturated rings. The molecule has 1 aliphatic heterocycles. The Morgan fingerprint density at radius 3 is 3.07 bits per heavy atom. The summed E-state index contributed by atoms with van der Waals surface area (Å²) in [5.41, 5.74) is 2.12. The van der Waals surface area contributed by atoms with E-state index in [-0.39, 0.29) is 5.92 Å². The Morgan fingerprint density at radius 2 is 2.33 bits per heavy atom. The largest absolute Gasteiger partial charge is 0.481 e. The van der Waals surface area contributed by atoms with Crippen LogP contribution in [0.5, 0.6) is 0 Å². The normalized spacial score (nSPS) is 19.9. The Bertz CT molecular complexity index is 392. The number of para-hydroxylation sites is 1. The molecule has 0 spiro atoms. The Hall–Kier alpha value is -1.03. The van der Waals surface area contributed by atoms with Gasteiger partial charge >= 0.3 is 5.97 Å². The highest BCUT2D eigenvalue weighted by molar-refractivity contribution is 9.10. The molecular weight excluding hydrogens is 258 g/mol. The van der Waals surface area contributed by atoms with Crippen LogP contribution in [0.2, 0.25) is 0 Å². The molecule has 0 aliphatic carbocycles. The number of anilines is 1. The molecule has 0 amide bonds. The highest BCUT2D eigenvalue weighted by Crippen LogP contribution is 2.31. The van der Waals surface area contributed by atoms with Gasteiger partial charge in [-0.1, -0.05) is 12.1 Å². The molecule has 0 saturated heterocycles. The Morgan fingerprint density at radius 1 is 1.53 bits per heavy atom. The molecule has 2 rings (SSSR count). The van der Waals surface area contributed by atoms with Gasteiger partial charge in [0.15, 0.2) is 0 Å². The van der Waals surface area contributed by atoms with Crippen LogP contribution in [-0.4, -0.2) is 17.6 Å². The number of rotatable bonds is 1. The number of aliphatic carboxylic acids is 1. The molecular formula is C11H12BrNO2. The molecule has 4 heteroatoms. The van der Waals surface area contributed by atoms with E-state index in [9.17, 15) is 4.79 Å². The number of carboxylic acids is 1. The van der Waals surface area contributed by atoms with Gasteiger partial charge in [0.2, 0.25) is 0 Å². The second-order valence-electron chi connectivity index (χ2n) is 3.73. The molecule has 1 atom stereocenters. The molecule has 0 radical (unpaired) electrons. The monoisotopic (exact) mass is 269 g/mol. The van der Waals surface area contributed by atoms with Crippen molar-refractivity contribution < 1.29 is 9.90 Å². The molecule has 15 heavy (non-hydrogen) atoms. The Balaban J connectivity index is 2.34. The van der Waals surface area contributed by atoms with Crippen molar-refractivity contribution in [1.82, 2.24) is 0 Å². The number of carboxylic acid groups (broad SMARTS) is 1. The number of benzene rings is 1. The van der Waals surface area contributed by atoms with Gasteiger partial charge in [-0.25, -0.2) is 0 Å². The molecule has 0 bridgehead atoms. The number of hydrogen-bond acceptors (Lipinski definition) is 2. The van der Waals surface area contributed by atoms with Gasteiger partial charge in [-0.15, -0.1) is 0 Å². The maximum atomic E-state index is 11.0. The highest BCUT2D eigenvalue weighted by atomic mass is 79.9. The second-order valence-corrected chi connectivity index (χ2v) is 4.58. The zero-order chi connectivity index (χ0) is 10.8. The lowest BCUT2D eigenvalue weighted by Gasteiger charge is -2.09. The van der Waals surface area contributed by atoms with Gasteiger partial charge < -0.3 is 10.4 Å². The van der Waals surface area contributed by atoms with E-state index in [1.807, 2.05) is 18.2 Å². The van der Waals surface area contributed by atoms with Gasteiger partial charge in [0.05, 0.1) is 11.6 Å². The van der Waals surface area contributed by atoms with E-state index >= 15 is 0 Å². The molecule has 0 saturated carbocycles. The SMILES string of the molecule is O=C(O)C1CCNc2c(Br)cccc2C1. The van der Waals surface area contributed by atoms with Crippen LogP contribution in [0, 0.1) is 5.92 Å². The number of hydrogen-bond donors (Lipinski definition) is 2. The molecule has 80 valence electrons. The lowest BCUT2D eigenvalue weighted by molar-refractivity contribution is -0.141. The Kier molecular flexibility index (Phi) is 2.95. The summed E-state index contributed by atoms with van der Waals surface area (Å²) >= 11 is 3.46. The van der Waals surface area contributed by atoms with Crippen molar-refractivity contribution in [3.8, 4) is 0 Å². The first-order valence-electron chi connectivity index (χ1n) is 4.92. The van der Waals surface area contributed by atoms with Crippen LogP contribution in [-0.2, 0) is 11.2 Å². The van der Waals surface area contributed by atoms with Gasteiger partial charge in [-0.2, -0.15) is 0 Å². The van der Waals surface area contributed by atoms with Gasteiger partial charge in [0.25, 0.3) is 0 Å². The zero-order valence-electron chi connectivity index (χ0n) is 8.16. The predicted octanol–water partition coefficient (Wildman–Crippen LogP) is 2.51. The summed E-state index contributed by atoms with van der Waals surface area (Å²) < 4.78 is 1.01. The first-order valence-corrected chi connectivity index (χ1v) is 5.72. The van der Waals surface area contributed by atoms with Crippen LogP contribution in [0.3, 0.4) is 0 Å². The van der Waals surface area contributed by atoms with Crippen molar-refractivity contribution in [2.24, 2.45) is 5.92 Å². The topological polar surface area (TPSA) is 49.3 Å². The number of halogens is 1. The van der Waals surface area contributed by atoms with Crippen LogP contribution >= 0.6 is 15.9 Å². The van der Waals surface area contributed by atoms with Crippen molar-refractivity contribution in [3.05, 3.63) is 28.2 Å². The fourth-order valence-electron chi connectivity index (χ4n) is 1.89. The summed E-state index contributed by atoms with van der Waals surface area (Å²) in [5, 5.41) is 12.3. The number of nitrogens with one attached hydrogen (secondary N) is 1. The van der Waals surface area contributed by atoms with Crippen molar-refractivity contribution in [2.75, 3.05) is 11.9 Å². The first kappa shape index (κ1) is 10.5. The minimum absolute atomic E-state index is 0.270. The molecule has 1 aliphatic rings. The third-order valence-electron chi connectivity index (χ3n) is 2.71. The molecule has 1 aromatic rings. The number of fused-ring (bicyclic) bond motifs is 1. The van der Waals surface area contributed by atoms with Crippen molar-refractivity contribution in [3.63, 3.8) is 0 Å². The summed E-state index contributed by atoms with van der Waals surface area (Å²) in [5.74, 6) is -0.974. The van der Waals surface area contributed by atoms with Crippen LogP contribution in [0.4, 0.5) is 5.69 Å². The zero-order valence-corrected chi connectivity index (χ0v) is 9.75. The average Bonchev–Trinajstić information content (AvgIpc) is 2.40. The molecule has 1 aromatic carbocycles. The highest BCUT2D eigenvalue weighted by Gasteiger charge is 2.22. The average molecular weight is 270 g/mol. The van der Waals surface area contributed by atoms with Crippen molar-refractivity contribution >= 4 is 27.6 Å². The van der Waals surface area contributed by atoms with Crippen molar-refractivity contribution in [1.29, 1.82) is 0 Å². The summed E-state index contributed by atoms with van der Waals surface area (Å²) in [7, 11) is 0. The van der Waals surface area contributed by atoms with Crippen LogP contribution < -0.4 is 5.32 Å². The summed E-state index contributed by atoms with van der Waals surface area (Å²) in [4.78, 5) is 11.0. The minimum Gasteiger partial charge on any atom is -0.481 e. The molecule has 2 N–H and O–H groups in total. The maximum Gasteiger partial charge on any atom is 0.306 e. The smallest absolute Gasteiger partial charge is 0.306 e. The first-order chi connectivity index (χ1) is 7.18. The molecule has 1 heterocycles. The molecule has 3 nitrogen and oxygen atoms in total. The van der Waals surface area contributed by atoms with E-state index in [1.165, 1.54) is 0 Å². The third-order valence-corrected chi connectivity index (χ3v) is 3.37. The predicted molar refractivity (Wildman–Crippen MR) is 62.1 cm³/mol. The molecule has 1 unspecified atom stereocenters. The van der Waals surface area contributed by atoms with E-state index in [2.05, 4.69) is 21.2 Å². The standard InChI is InChI=1S/C11H12BrNO2/c12-9-3-1-2-7-6-8(11(14)15)4-5-13-10(7)9/h1-3,8,13H,4-6H2,(H,14,15). The van der Waals surface area contributed by atoms with E-state index < -0.39 is 5.97 Å². The summed E-state index contributed by atoms with van der Waals surface area (Å²) in [6.07, 6.45) is 1.29. The van der Waals surface area contributed by atoms with Crippen LogP contribution in [0.15, 0.2) is 22.7 Å². The second kappa shape index (κ2) is 4.23. The van der Waals surface area contributed by atoms with Gasteiger partial charge in [0.1, 0.15) is 0 Å². The minimum atomic E-state index is -0.704. The van der Waals surface area contributed by atoms with Crippen LogP contribution in [0.25, 0.3) is 0 Å². The number of carbonyl (C=O) groups is 1. The van der Waals surface area contributed by atoms with E-state index in [0.717, 1.165) is 15.7 Å². The lowest BCUT2D eigenvalue weighted by Crippen LogP contribution is -2.16. The molecule has 0 aromatic heterocycles. The maximum absolute atomic E-state index is 11.0. The van der Waals surface area contributed by atoms with E-state index in [4.69, 9.17) is 5.11 Å². The lowest BCUT2D eigenvalue weighted by atomic mass is 9.97. The van der Waals surface area contributed by atoms with Crippen molar-refractivity contribution in [2.45, 2.75) is 12.8 Å². The summed E-state index contributed by atoms with van der Waals surface area (Å²) in [6, 6.07) is 5.89. The quantitative estimate of drug-likeness (QED) is 0.824. The van der Waals surface area contributed by atoms with Crippen LogP contribution in [0.1, 0.15) is 12.0 Å². The Labute approximate surface area is 96.6 Å². The van der Waals surface area contributed by atoms with Gasteiger partial charge in [-0.3, -0.25) is 4.79 Å². The third kappa shape index (κ3) is 2.15. The fraction of sp³-hybridized carbons (Fsp3) is 0.364.